The molecule has 2 rings (SSSR count). The van der Waals surface area contributed by atoms with Crippen LogP contribution in [0.1, 0.15) is 17.0 Å². The average molecular weight is 266 g/mol. The van der Waals surface area contributed by atoms with Crippen molar-refractivity contribution in [3.63, 3.8) is 0 Å². The second kappa shape index (κ2) is 5.89. The smallest absolute Gasteiger partial charge is 0.167 e. The topological polar surface area (TPSA) is 51.8 Å². The van der Waals surface area contributed by atoms with Crippen LogP contribution in [-0.2, 0) is 19.4 Å². The third-order valence-corrected chi connectivity index (χ3v) is 2.94. The van der Waals surface area contributed by atoms with Crippen LogP contribution in [0.25, 0.3) is 0 Å². The second-order valence-electron chi connectivity index (χ2n) is 3.91. The standard InChI is InChI=1S/C13H13ClFN3/c14-10-4-1-9(2-5-10)3-6-11-13(15)12(7-16)18-8-17-11/h1-2,4-5,8H,3,6-7,16H2. The molecule has 0 spiro atoms. The van der Waals surface area contributed by atoms with E-state index < -0.39 is 5.82 Å². The van der Waals surface area contributed by atoms with Gasteiger partial charge in [0.25, 0.3) is 0 Å². The normalized spacial score (nSPS) is 10.6. The Balaban J connectivity index is 2.08. The molecule has 0 radical (unpaired) electrons. The predicted octanol–water partition coefficient (Wildman–Crippen LogP) is 2.51. The van der Waals surface area contributed by atoms with Crippen molar-refractivity contribution in [2.75, 3.05) is 0 Å². The molecule has 0 saturated heterocycles. The SMILES string of the molecule is NCc1ncnc(CCc2ccc(Cl)cc2)c1F. The van der Waals surface area contributed by atoms with E-state index in [4.69, 9.17) is 17.3 Å². The van der Waals surface area contributed by atoms with Crippen molar-refractivity contribution in [1.82, 2.24) is 9.97 Å². The first kappa shape index (κ1) is 12.9. The van der Waals surface area contributed by atoms with E-state index in [1.807, 2.05) is 24.3 Å². The zero-order valence-electron chi connectivity index (χ0n) is 9.74. The Kier molecular flexibility index (Phi) is 4.23. The molecule has 2 aromatic rings. The van der Waals surface area contributed by atoms with Crippen LogP contribution in [0, 0.1) is 5.82 Å². The minimum atomic E-state index is -0.394. The Morgan fingerprint density at radius 3 is 2.39 bits per heavy atom. The predicted molar refractivity (Wildman–Crippen MR) is 68.7 cm³/mol. The lowest BCUT2D eigenvalue weighted by Gasteiger charge is -2.05. The maximum Gasteiger partial charge on any atom is 0.167 e. The average Bonchev–Trinajstić information content (AvgIpc) is 2.39. The first-order valence-corrected chi connectivity index (χ1v) is 6.01. The fraction of sp³-hybridized carbons (Fsp3) is 0.231. The van der Waals surface area contributed by atoms with Gasteiger partial charge in [-0.05, 0) is 30.5 Å². The van der Waals surface area contributed by atoms with Crippen LogP contribution in [0.4, 0.5) is 4.39 Å². The molecule has 1 aromatic heterocycles. The number of aromatic nitrogens is 2. The molecule has 1 heterocycles. The zero-order valence-corrected chi connectivity index (χ0v) is 10.5. The third-order valence-electron chi connectivity index (χ3n) is 2.69. The quantitative estimate of drug-likeness (QED) is 0.924. The molecule has 0 amide bonds. The minimum absolute atomic E-state index is 0.0856. The van der Waals surface area contributed by atoms with E-state index in [9.17, 15) is 4.39 Å². The molecule has 0 saturated carbocycles. The molecule has 0 unspecified atom stereocenters. The summed E-state index contributed by atoms with van der Waals surface area (Å²) >= 11 is 5.80. The van der Waals surface area contributed by atoms with Gasteiger partial charge in [0.2, 0.25) is 0 Å². The van der Waals surface area contributed by atoms with Crippen molar-refractivity contribution in [3.8, 4) is 0 Å². The molecule has 18 heavy (non-hydrogen) atoms. The molecule has 0 fully saturated rings. The van der Waals surface area contributed by atoms with Gasteiger partial charge in [0.1, 0.15) is 6.33 Å². The summed E-state index contributed by atoms with van der Waals surface area (Å²) in [6, 6.07) is 7.48. The van der Waals surface area contributed by atoms with Crippen molar-refractivity contribution in [2.45, 2.75) is 19.4 Å². The molecule has 0 aliphatic heterocycles. The van der Waals surface area contributed by atoms with Crippen LogP contribution in [0.3, 0.4) is 0 Å². The molecular formula is C13H13ClFN3. The number of halogens is 2. The van der Waals surface area contributed by atoms with Crippen LogP contribution in [0.2, 0.25) is 5.02 Å². The summed E-state index contributed by atoms with van der Waals surface area (Å²) in [6.07, 6.45) is 2.57. The van der Waals surface area contributed by atoms with Crippen molar-refractivity contribution in [3.05, 3.63) is 58.4 Å². The van der Waals surface area contributed by atoms with E-state index in [1.165, 1.54) is 6.33 Å². The number of aryl methyl sites for hydroxylation is 2. The zero-order chi connectivity index (χ0) is 13.0. The lowest BCUT2D eigenvalue weighted by molar-refractivity contribution is 0.568. The van der Waals surface area contributed by atoms with E-state index >= 15 is 0 Å². The summed E-state index contributed by atoms with van der Waals surface area (Å²) < 4.78 is 13.8. The van der Waals surface area contributed by atoms with Crippen LogP contribution in [0.5, 0.6) is 0 Å². The van der Waals surface area contributed by atoms with Crippen LogP contribution < -0.4 is 5.73 Å². The highest BCUT2D eigenvalue weighted by Gasteiger charge is 2.09. The van der Waals surface area contributed by atoms with Crippen LogP contribution in [0.15, 0.2) is 30.6 Å². The summed E-state index contributed by atoms with van der Waals surface area (Å²) in [5.74, 6) is -0.394. The lowest BCUT2D eigenvalue weighted by atomic mass is 10.1. The molecule has 2 N–H and O–H groups in total. The Labute approximate surface area is 110 Å². The van der Waals surface area contributed by atoms with E-state index in [0.717, 1.165) is 5.56 Å². The lowest BCUT2D eigenvalue weighted by Crippen LogP contribution is -2.08. The van der Waals surface area contributed by atoms with Gasteiger partial charge in [-0.3, -0.25) is 0 Å². The van der Waals surface area contributed by atoms with Gasteiger partial charge in [-0.25, -0.2) is 14.4 Å². The molecule has 3 nitrogen and oxygen atoms in total. The number of hydrogen-bond acceptors (Lipinski definition) is 3. The minimum Gasteiger partial charge on any atom is -0.325 e. The first-order chi connectivity index (χ1) is 8.70. The van der Waals surface area contributed by atoms with Gasteiger partial charge < -0.3 is 5.73 Å². The molecule has 5 heteroatoms. The van der Waals surface area contributed by atoms with Gasteiger partial charge in [0.15, 0.2) is 5.82 Å². The van der Waals surface area contributed by atoms with Gasteiger partial charge in [-0.1, -0.05) is 23.7 Å². The highest BCUT2D eigenvalue weighted by atomic mass is 35.5. The number of nitrogens with two attached hydrogens (primary N) is 1. The van der Waals surface area contributed by atoms with Crippen molar-refractivity contribution >= 4 is 11.6 Å². The Bertz CT molecular complexity index is 528. The van der Waals surface area contributed by atoms with Crippen LogP contribution in [-0.4, -0.2) is 9.97 Å². The Morgan fingerprint density at radius 2 is 1.72 bits per heavy atom. The maximum atomic E-state index is 13.8. The summed E-state index contributed by atoms with van der Waals surface area (Å²) in [7, 11) is 0. The summed E-state index contributed by atoms with van der Waals surface area (Å²) in [4.78, 5) is 7.75. The fourth-order valence-corrected chi connectivity index (χ4v) is 1.80. The van der Waals surface area contributed by atoms with E-state index in [-0.39, 0.29) is 12.2 Å². The molecular weight excluding hydrogens is 253 g/mol. The molecule has 0 aliphatic carbocycles. The van der Waals surface area contributed by atoms with Gasteiger partial charge in [0.05, 0.1) is 11.4 Å². The van der Waals surface area contributed by atoms with Crippen molar-refractivity contribution in [2.24, 2.45) is 5.73 Å². The molecule has 1 aromatic carbocycles. The number of nitrogens with zero attached hydrogens (tertiary/aromatic N) is 2. The monoisotopic (exact) mass is 265 g/mol. The molecule has 0 aliphatic rings. The van der Waals surface area contributed by atoms with Gasteiger partial charge >= 0.3 is 0 Å². The second-order valence-corrected chi connectivity index (χ2v) is 4.35. The van der Waals surface area contributed by atoms with E-state index in [1.54, 1.807) is 0 Å². The third kappa shape index (κ3) is 3.03. The van der Waals surface area contributed by atoms with E-state index in [2.05, 4.69) is 9.97 Å². The van der Waals surface area contributed by atoms with Gasteiger partial charge in [0, 0.05) is 11.6 Å². The van der Waals surface area contributed by atoms with Gasteiger partial charge in [-0.15, -0.1) is 0 Å². The highest BCUT2D eigenvalue weighted by Crippen LogP contribution is 2.13. The Hall–Kier alpha value is -1.52. The summed E-state index contributed by atoms with van der Waals surface area (Å²) in [5.41, 5.74) is 7.15. The summed E-state index contributed by atoms with van der Waals surface area (Å²) in [6.45, 7) is 0.0856. The van der Waals surface area contributed by atoms with Crippen molar-refractivity contribution in [1.29, 1.82) is 0 Å². The first-order valence-electron chi connectivity index (χ1n) is 5.63. The number of rotatable bonds is 4. The summed E-state index contributed by atoms with van der Waals surface area (Å²) in [5, 5.41) is 0.692. The molecule has 0 atom stereocenters. The van der Waals surface area contributed by atoms with Crippen LogP contribution >= 0.6 is 11.6 Å². The fourth-order valence-electron chi connectivity index (χ4n) is 1.68. The number of benzene rings is 1. The van der Waals surface area contributed by atoms with Crippen molar-refractivity contribution < 1.29 is 4.39 Å². The number of hydrogen-bond donors (Lipinski definition) is 1. The molecule has 0 bridgehead atoms. The van der Waals surface area contributed by atoms with Gasteiger partial charge in [-0.2, -0.15) is 0 Å². The Morgan fingerprint density at radius 1 is 1.06 bits per heavy atom. The van der Waals surface area contributed by atoms with E-state index in [0.29, 0.717) is 23.6 Å². The molecule has 94 valence electrons. The maximum absolute atomic E-state index is 13.8. The highest BCUT2D eigenvalue weighted by molar-refractivity contribution is 6.30. The largest absolute Gasteiger partial charge is 0.325 e.